The van der Waals surface area contributed by atoms with Gasteiger partial charge in [0.2, 0.25) is 0 Å². The predicted molar refractivity (Wildman–Crippen MR) is 148 cm³/mol. The Morgan fingerprint density at radius 3 is 2.42 bits per heavy atom. The highest BCUT2D eigenvalue weighted by atomic mass is 79.9. The number of nitro groups is 1. The van der Waals surface area contributed by atoms with Crippen molar-refractivity contribution < 1.29 is 28.7 Å². The molecule has 0 aromatic heterocycles. The first-order chi connectivity index (χ1) is 18.2. The topological polar surface area (TPSA) is 108 Å². The maximum absolute atomic E-state index is 12.9. The molecule has 38 heavy (non-hydrogen) atoms. The molecule has 1 aliphatic rings. The number of imide groups is 1. The first-order valence-corrected chi connectivity index (χ1v) is 13.1. The molecule has 1 fully saturated rings. The number of thioether (sulfide) groups is 1. The molecule has 3 aromatic rings. The second kappa shape index (κ2) is 12.3. The Balaban J connectivity index is 1.42. The fraction of sp³-hybridized carbons (Fsp3) is 0.154. The van der Waals surface area contributed by atoms with Crippen molar-refractivity contribution in [3.8, 4) is 17.2 Å². The number of carbonyl (C=O) groups is 2. The average Bonchev–Trinajstić information content (AvgIpc) is 3.17. The van der Waals surface area contributed by atoms with Gasteiger partial charge in [0.05, 0.1) is 23.5 Å². The Morgan fingerprint density at radius 2 is 1.76 bits per heavy atom. The largest absolute Gasteiger partial charge is 0.493 e. The molecule has 1 heterocycles. The number of methoxy groups -OCH3 is 1. The van der Waals surface area contributed by atoms with Crippen molar-refractivity contribution in [3.63, 3.8) is 0 Å². The van der Waals surface area contributed by atoms with E-state index in [0.717, 1.165) is 22.2 Å². The van der Waals surface area contributed by atoms with Gasteiger partial charge in [-0.2, -0.15) is 0 Å². The molecular weight excluding hydrogens is 600 g/mol. The SMILES string of the molecule is COc1cc(/C=C2\SC(=O)N(CCOc3ccc(Cl)cc3)C2=O)c(Br)cc1OCc1ccc([N+](=O)[O-])cc1. The van der Waals surface area contributed by atoms with Gasteiger partial charge >= 0.3 is 0 Å². The van der Waals surface area contributed by atoms with Gasteiger partial charge in [-0.3, -0.25) is 24.6 Å². The van der Waals surface area contributed by atoms with E-state index in [1.807, 2.05) is 0 Å². The lowest BCUT2D eigenvalue weighted by atomic mass is 10.1. The van der Waals surface area contributed by atoms with E-state index in [9.17, 15) is 19.7 Å². The molecule has 196 valence electrons. The predicted octanol–water partition coefficient (Wildman–Crippen LogP) is 6.71. The van der Waals surface area contributed by atoms with Gasteiger partial charge in [-0.15, -0.1) is 0 Å². The van der Waals surface area contributed by atoms with Gasteiger partial charge in [0, 0.05) is 21.6 Å². The number of carbonyl (C=O) groups excluding carboxylic acids is 2. The van der Waals surface area contributed by atoms with Crippen LogP contribution in [0.4, 0.5) is 10.5 Å². The van der Waals surface area contributed by atoms with Gasteiger partial charge in [-0.1, -0.05) is 27.5 Å². The molecule has 4 rings (SSSR count). The maximum atomic E-state index is 12.9. The summed E-state index contributed by atoms with van der Waals surface area (Å²) in [5.74, 6) is 1.02. The second-order valence-corrected chi connectivity index (χ2v) is 10.2. The summed E-state index contributed by atoms with van der Waals surface area (Å²) in [5.41, 5.74) is 1.36. The lowest BCUT2D eigenvalue weighted by Crippen LogP contribution is -2.32. The zero-order valence-corrected chi connectivity index (χ0v) is 23.0. The van der Waals surface area contributed by atoms with Crippen molar-refractivity contribution in [1.82, 2.24) is 4.90 Å². The van der Waals surface area contributed by atoms with Gasteiger partial charge in [-0.25, -0.2) is 0 Å². The number of halogens is 2. The zero-order chi connectivity index (χ0) is 27.2. The molecule has 0 N–H and O–H groups in total. The van der Waals surface area contributed by atoms with E-state index in [0.29, 0.717) is 32.3 Å². The van der Waals surface area contributed by atoms with Gasteiger partial charge < -0.3 is 14.2 Å². The number of hydrogen-bond acceptors (Lipinski definition) is 8. The molecule has 1 saturated heterocycles. The van der Waals surface area contributed by atoms with E-state index in [1.54, 1.807) is 54.6 Å². The van der Waals surface area contributed by atoms with Crippen LogP contribution in [0.3, 0.4) is 0 Å². The average molecular weight is 620 g/mol. The standard InChI is InChI=1S/C26H20BrClN2O7S/c1-35-22-12-17(21(27)14-23(22)37-15-16-2-6-19(7-3-16)30(33)34)13-24-25(31)29(26(32)38-24)10-11-36-20-8-4-18(28)5-9-20/h2-9,12-14H,10-11,15H2,1H3/b24-13-. The Kier molecular flexibility index (Phi) is 8.93. The van der Waals surface area contributed by atoms with Crippen LogP contribution in [-0.4, -0.2) is 41.2 Å². The molecule has 0 unspecified atom stereocenters. The molecule has 0 spiro atoms. The molecule has 0 radical (unpaired) electrons. The van der Waals surface area contributed by atoms with E-state index in [-0.39, 0.29) is 35.6 Å². The highest BCUT2D eigenvalue weighted by Crippen LogP contribution is 2.38. The molecule has 0 bridgehead atoms. The first-order valence-electron chi connectivity index (χ1n) is 11.1. The quantitative estimate of drug-likeness (QED) is 0.140. The summed E-state index contributed by atoms with van der Waals surface area (Å²) in [7, 11) is 1.49. The smallest absolute Gasteiger partial charge is 0.293 e. The van der Waals surface area contributed by atoms with Crippen molar-refractivity contribution in [3.05, 3.63) is 96.3 Å². The number of ether oxygens (including phenoxy) is 3. The van der Waals surface area contributed by atoms with Crippen LogP contribution in [0.25, 0.3) is 6.08 Å². The molecule has 2 amide bonds. The number of rotatable bonds is 10. The Bertz CT molecular complexity index is 1400. The molecule has 0 atom stereocenters. The molecule has 0 saturated carbocycles. The lowest BCUT2D eigenvalue weighted by molar-refractivity contribution is -0.384. The van der Waals surface area contributed by atoms with Crippen LogP contribution < -0.4 is 14.2 Å². The van der Waals surface area contributed by atoms with E-state index in [4.69, 9.17) is 25.8 Å². The van der Waals surface area contributed by atoms with Crippen LogP contribution in [0.2, 0.25) is 5.02 Å². The van der Waals surface area contributed by atoms with Gasteiger partial charge in [-0.05, 0) is 77.5 Å². The fourth-order valence-corrected chi connectivity index (χ4v) is 4.85. The van der Waals surface area contributed by atoms with E-state index < -0.39 is 10.8 Å². The Labute approximate surface area is 235 Å². The first kappa shape index (κ1) is 27.5. The molecule has 12 heteroatoms. The van der Waals surface area contributed by atoms with Gasteiger partial charge in [0.15, 0.2) is 11.5 Å². The van der Waals surface area contributed by atoms with Crippen molar-refractivity contribution in [2.45, 2.75) is 6.61 Å². The van der Waals surface area contributed by atoms with Crippen LogP contribution in [0.15, 0.2) is 70.0 Å². The van der Waals surface area contributed by atoms with Crippen LogP contribution in [0, 0.1) is 10.1 Å². The number of benzene rings is 3. The minimum Gasteiger partial charge on any atom is -0.493 e. The highest BCUT2D eigenvalue weighted by molar-refractivity contribution is 9.10. The van der Waals surface area contributed by atoms with E-state index in [2.05, 4.69) is 15.9 Å². The number of nitrogens with zero attached hydrogens (tertiary/aromatic N) is 2. The minimum atomic E-state index is -0.465. The molecule has 0 aliphatic carbocycles. The zero-order valence-electron chi connectivity index (χ0n) is 19.9. The van der Waals surface area contributed by atoms with Crippen LogP contribution in [-0.2, 0) is 11.4 Å². The summed E-state index contributed by atoms with van der Waals surface area (Å²) in [5, 5.41) is 11.0. The van der Waals surface area contributed by atoms with Gasteiger partial charge in [0.25, 0.3) is 16.8 Å². The van der Waals surface area contributed by atoms with Crippen molar-refractivity contribution in [2.24, 2.45) is 0 Å². The van der Waals surface area contributed by atoms with Crippen LogP contribution >= 0.6 is 39.3 Å². The second-order valence-electron chi connectivity index (χ2n) is 7.87. The molecule has 1 aliphatic heterocycles. The van der Waals surface area contributed by atoms with Crippen molar-refractivity contribution in [1.29, 1.82) is 0 Å². The van der Waals surface area contributed by atoms with E-state index in [1.165, 1.54) is 19.2 Å². The third kappa shape index (κ3) is 6.66. The lowest BCUT2D eigenvalue weighted by Gasteiger charge is -2.14. The molecular formula is C26H20BrClN2O7S. The Hall–Kier alpha value is -3.54. The summed E-state index contributed by atoms with van der Waals surface area (Å²) in [4.78, 5) is 37.1. The monoisotopic (exact) mass is 618 g/mol. The highest BCUT2D eigenvalue weighted by Gasteiger charge is 2.35. The molecule has 3 aromatic carbocycles. The maximum Gasteiger partial charge on any atom is 0.293 e. The number of non-ortho nitro benzene ring substituents is 1. The Morgan fingerprint density at radius 1 is 1.05 bits per heavy atom. The van der Waals surface area contributed by atoms with Crippen molar-refractivity contribution >= 4 is 62.2 Å². The number of hydrogen-bond donors (Lipinski definition) is 0. The van der Waals surface area contributed by atoms with Crippen LogP contribution in [0.5, 0.6) is 17.2 Å². The molecule has 9 nitrogen and oxygen atoms in total. The summed E-state index contributed by atoms with van der Waals surface area (Å²) in [6.07, 6.45) is 1.61. The van der Waals surface area contributed by atoms with Crippen LogP contribution in [0.1, 0.15) is 11.1 Å². The van der Waals surface area contributed by atoms with Crippen molar-refractivity contribution in [2.75, 3.05) is 20.3 Å². The van der Waals surface area contributed by atoms with E-state index >= 15 is 0 Å². The summed E-state index contributed by atoms with van der Waals surface area (Å²) < 4.78 is 17.5. The number of amides is 2. The fourth-order valence-electron chi connectivity index (χ4n) is 3.43. The minimum absolute atomic E-state index is 0.00285. The normalized spacial score (nSPS) is 14.2. The third-order valence-corrected chi connectivity index (χ3v) is 7.23. The summed E-state index contributed by atoms with van der Waals surface area (Å²) in [6, 6.07) is 16.2. The third-order valence-electron chi connectivity index (χ3n) is 5.38. The number of nitro benzene ring substituents is 1. The van der Waals surface area contributed by atoms with Gasteiger partial charge in [0.1, 0.15) is 19.0 Å². The summed E-state index contributed by atoms with van der Waals surface area (Å²) in [6.45, 7) is 0.410. The summed E-state index contributed by atoms with van der Waals surface area (Å²) >= 11 is 10.2.